The molecule has 2 heterocycles. The van der Waals surface area contributed by atoms with Crippen LogP contribution in [0, 0.1) is 5.92 Å². The van der Waals surface area contributed by atoms with E-state index in [1.54, 1.807) is 17.4 Å². The fraction of sp³-hybridized carbons (Fsp3) is 0.571. The lowest BCUT2D eigenvalue weighted by molar-refractivity contribution is -0.0870. The van der Waals surface area contributed by atoms with Crippen LogP contribution < -0.4 is 0 Å². The van der Waals surface area contributed by atoms with Crippen molar-refractivity contribution < 1.29 is 9.84 Å². The lowest BCUT2D eigenvalue weighted by Crippen LogP contribution is -2.41. The molecular weight excluding hydrogens is 232 g/mol. The molecule has 0 saturated carbocycles. The number of aliphatic hydroxyl groups is 1. The summed E-state index contributed by atoms with van der Waals surface area (Å²) in [6.45, 7) is 4.88. The molecule has 3 heteroatoms. The summed E-state index contributed by atoms with van der Waals surface area (Å²) in [7, 11) is 0. The summed E-state index contributed by atoms with van der Waals surface area (Å²) in [5.74, 6) is 0.896. The Morgan fingerprint density at radius 1 is 1.53 bits per heavy atom. The lowest BCUT2D eigenvalue weighted by atomic mass is 9.80. The van der Waals surface area contributed by atoms with E-state index in [0.717, 1.165) is 12.8 Å². The molecule has 2 rings (SSSR count). The molecule has 1 aliphatic rings. The van der Waals surface area contributed by atoms with Crippen molar-refractivity contribution in [2.24, 2.45) is 5.92 Å². The van der Waals surface area contributed by atoms with E-state index in [0.29, 0.717) is 24.7 Å². The van der Waals surface area contributed by atoms with Crippen LogP contribution in [0.25, 0.3) is 0 Å². The van der Waals surface area contributed by atoms with Crippen LogP contribution in [0.4, 0.5) is 0 Å². The molecule has 0 aliphatic carbocycles. The van der Waals surface area contributed by atoms with E-state index in [-0.39, 0.29) is 5.60 Å². The van der Waals surface area contributed by atoms with E-state index in [4.69, 9.17) is 4.74 Å². The maximum atomic E-state index is 9.73. The first kappa shape index (κ1) is 12.7. The number of aryl methyl sites for hydroxylation is 1. The summed E-state index contributed by atoms with van der Waals surface area (Å²) in [5, 5.41) is 14.0. The molecule has 0 saturated heterocycles. The Balaban J connectivity index is 2.05. The van der Waals surface area contributed by atoms with Gasteiger partial charge < -0.3 is 9.84 Å². The smallest absolute Gasteiger partial charge is 0.0934 e. The first-order chi connectivity index (χ1) is 8.12. The third-order valence-corrected chi connectivity index (χ3v) is 4.37. The van der Waals surface area contributed by atoms with Gasteiger partial charge >= 0.3 is 0 Å². The van der Waals surface area contributed by atoms with Gasteiger partial charge in [-0.15, -0.1) is 0 Å². The van der Waals surface area contributed by atoms with Crippen molar-refractivity contribution in [2.45, 2.75) is 38.7 Å². The molecule has 1 atom stereocenters. The highest BCUT2D eigenvalue weighted by molar-refractivity contribution is 7.07. The molecule has 0 radical (unpaired) electrons. The highest BCUT2D eigenvalue weighted by Crippen LogP contribution is 2.36. The standard InChI is InChI=1S/C14H20O2S/c1-11(2)14(9-13(15)4-7-16-14)6-3-12-5-8-17-10-12/h4-5,8,10-11,15H,3,6-7,9H2,1-2H3/t14-/m0/s1. The third kappa shape index (κ3) is 2.90. The predicted octanol–water partition coefficient (Wildman–Crippen LogP) is 3.94. The number of aliphatic hydroxyl groups excluding tert-OH is 1. The topological polar surface area (TPSA) is 29.5 Å². The fourth-order valence-corrected chi connectivity index (χ4v) is 3.05. The quantitative estimate of drug-likeness (QED) is 0.879. The maximum Gasteiger partial charge on any atom is 0.0934 e. The van der Waals surface area contributed by atoms with Crippen molar-refractivity contribution >= 4 is 11.3 Å². The minimum Gasteiger partial charge on any atom is -0.512 e. The van der Waals surface area contributed by atoms with Gasteiger partial charge in [-0.05, 0) is 47.2 Å². The molecular formula is C14H20O2S. The second-order valence-electron chi connectivity index (χ2n) is 5.03. The predicted molar refractivity (Wildman–Crippen MR) is 71.5 cm³/mol. The molecule has 0 bridgehead atoms. The number of rotatable bonds is 4. The Morgan fingerprint density at radius 3 is 2.94 bits per heavy atom. The number of thiophene rings is 1. The SMILES string of the molecule is CC(C)[C@]1(CCc2ccsc2)CC(O)=CCO1. The van der Waals surface area contributed by atoms with Gasteiger partial charge in [0, 0.05) is 6.42 Å². The van der Waals surface area contributed by atoms with Crippen molar-refractivity contribution in [3.05, 3.63) is 34.2 Å². The van der Waals surface area contributed by atoms with E-state index >= 15 is 0 Å². The van der Waals surface area contributed by atoms with Crippen LogP contribution in [0.2, 0.25) is 0 Å². The van der Waals surface area contributed by atoms with Crippen LogP contribution in [0.5, 0.6) is 0 Å². The molecule has 1 aromatic heterocycles. The first-order valence-electron chi connectivity index (χ1n) is 6.15. The highest BCUT2D eigenvalue weighted by atomic mass is 32.1. The number of hydrogen-bond donors (Lipinski definition) is 1. The largest absolute Gasteiger partial charge is 0.512 e. The van der Waals surface area contributed by atoms with Crippen LogP contribution in [-0.4, -0.2) is 17.3 Å². The summed E-state index contributed by atoms with van der Waals surface area (Å²) in [5.41, 5.74) is 1.17. The van der Waals surface area contributed by atoms with Crippen molar-refractivity contribution in [1.29, 1.82) is 0 Å². The number of ether oxygens (including phenoxy) is 1. The van der Waals surface area contributed by atoms with E-state index in [1.807, 2.05) is 0 Å². The Labute approximate surface area is 107 Å². The van der Waals surface area contributed by atoms with Gasteiger partial charge in [-0.1, -0.05) is 13.8 Å². The monoisotopic (exact) mass is 252 g/mol. The summed E-state index contributed by atoms with van der Waals surface area (Å²) in [6.07, 6.45) is 4.41. The normalized spacial score (nSPS) is 25.0. The van der Waals surface area contributed by atoms with Crippen LogP contribution in [0.1, 0.15) is 32.3 Å². The zero-order valence-corrected chi connectivity index (χ0v) is 11.3. The first-order valence-corrected chi connectivity index (χ1v) is 7.10. The second kappa shape index (κ2) is 5.23. The van der Waals surface area contributed by atoms with Gasteiger partial charge in [-0.2, -0.15) is 11.3 Å². The van der Waals surface area contributed by atoms with E-state index in [9.17, 15) is 5.11 Å². The van der Waals surface area contributed by atoms with Gasteiger partial charge in [0.25, 0.3) is 0 Å². The van der Waals surface area contributed by atoms with Crippen molar-refractivity contribution in [3.8, 4) is 0 Å². The highest BCUT2D eigenvalue weighted by Gasteiger charge is 2.37. The molecule has 2 nitrogen and oxygen atoms in total. The van der Waals surface area contributed by atoms with Gasteiger partial charge in [0.1, 0.15) is 0 Å². The minimum absolute atomic E-state index is 0.194. The van der Waals surface area contributed by atoms with Gasteiger partial charge in [0.05, 0.1) is 18.0 Å². The van der Waals surface area contributed by atoms with Crippen molar-refractivity contribution in [3.63, 3.8) is 0 Å². The summed E-state index contributed by atoms with van der Waals surface area (Å²) in [4.78, 5) is 0. The van der Waals surface area contributed by atoms with Crippen LogP contribution in [0.15, 0.2) is 28.7 Å². The van der Waals surface area contributed by atoms with Gasteiger partial charge in [-0.3, -0.25) is 0 Å². The van der Waals surface area contributed by atoms with Crippen LogP contribution in [0.3, 0.4) is 0 Å². The molecule has 1 aliphatic heterocycles. The summed E-state index contributed by atoms with van der Waals surface area (Å²) >= 11 is 1.73. The molecule has 1 aromatic rings. The lowest BCUT2D eigenvalue weighted by Gasteiger charge is -2.39. The van der Waals surface area contributed by atoms with Gasteiger partial charge in [-0.25, -0.2) is 0 Å². The maximum absolute atomic E-state index is 9.73. The van der Waals surface area contributed by atoms with Gasteiger partial charge in [0.15, 0.2) is 0 Å². The second-order valence-corrected chi connectivity index (χ2v) is 5.81. The number of hydrogen-bond acceptors (Lipinski definition) is 3. The zero-order chi connectivity index (χ0) is 12.3. The average Bonchev–Trinajstić information content (AvgIpc) is 2.79. The Morgan fingerprint density at radius 2 is 2.35 bits per heavy atom. The van der Waals surface area contributed by atoms with E-state index in [2.05, 4.69) is 30.7 Å². The molecule has 0 amide bonds. The molecule has 0 fully saturated rings. The zero-order valence-electron chi connectivity index (χ0n) is 10.5. The molecule has 0 aromatic carbocycles. The molecule has 1 N–H and O–H groups in total. The third-order valence-electron chi connectivity index (χ3n) is 3.64. The van der Waals surface area contributed by atoms with E-state index < -0.39 is 0 Å². The van der Waals surface area contributed by atoms with Crippen molar-refractivity contribution in [1.82, 2.24) is 0 Å². The summed E-state index contributed by atoms with van der Waals surface area (Å²) in [6, 6.07) is 2.16. The molecule has 0 unspecified atom stereocenters. The Kier molecular flexibility index (Phi) is 3.89. The molecule has 94 valence electrons. The van der Waals surface area contributed by atoms with Crippen LogP contribution >= 0.6 is 11.3 Å². The van der Waals surface area contributed by atoms with Gasteiger partial charge in [0.2, 0.25) is 0 Å². The molecule has 17 heavy (non-hydrogen) atoms. The summed E-state index contributed by atoms with van der Waals surface area (Å²) < 4.78 is 5.96. The Hall–Kier alpha value is -0.800. The Bertz CT molecular complexity index is 381. The average molecular weight is 252 g/mol. The molecule has 0 spiro atoms. The van der Waals surface area contributed by atoms with E-state index in [1.165, 1.54) is 5.56 Å². The van der Waals surface area contributed by atoms with Crippen LogP contribution in [-0.2, 0) is 11.2 Å². The van der Waals surface area contributed by atoms with Crippen molar-refractivity contribution in [2.75, 3.05) is 6.61 Å². The fourth-order valence-electron chi connectivity index (χ4n) is 2.34. The minimum atomic E-state index is -0.194.